The summed E-state index contributed by atoms with van der Waals surface area (Å²) < 4.78 is 0. The molecule has 0 bridgehead atoms. The molecule has 3 heteroatoms. The molecule has 1 rings (SSSR count). The molecule has 0 aromatic heterocycles. The molecule has 0 spiro atoms. The van der Waals surface area contributed by atoms with E-state index in [1.165, 1.54) is 0 Å². The Bertz CT molecular complexity index is 147. The highest BCUT2D eigenvalue weighted by molar-refractivity contribution is 5.71. The van der Waals surface area contributed by atoms with Crippen molar-refractivity contribution in [2.75, 3.05) is 0 Å². The van der Waals surface area contributed by atoms with Crippen LogP contribution in [0.15, 0.2) is 0 Å². The van der Waals surface area contributed by atoms with Crippen LogP contribution in [0.4, 0.5) is 0 Å². The van der Waals surface area contributed by atoms with E-state index in [4.69, 9.17) is 10.8 Å². The molecule has 1 saturated carbocycles. The standard InChI is InChI=1S/C7H13NO2/c1-4-2-5(7(9)10)6(8)3-4/h4-6H,2-3,8H2,1H3,(H,9,10). The summed E-state index contributed by atoms with van der Waals surface area (Å²) in [5.41, 5.74) is 5.59. The molecule has 1 fully saturated rings. The van der Waals surface area contributed by atoms with E-state index in [1.807, 2.05) is 6.92 Å². The van der Waals surface area contributed by atoms with Gasteiger partial charge in [0.1, 0.15) is 0 Å². The molecule has 3 N–H and O–H groups in total. The van der Waals surface area contributed by atoms with Gasteiger partial charge in [-0.1, -0.05) is 6.92 Å². The summed E-state index contributed by atoms with van der Waals surface area (Å²) in [4.78, 5) is 10.5. The average molecular weight is 143 g/mol. The van der Waals surface area contributed by atoms with Crippen LogP contribution < -0.4 is 5.73 Å². The number of hydrogen-bond acceptors (Lipinski definition) is 2. The lowest BCUT2D eigenvalue weighted by molar-refractivity contribution is -0.141. The van der Waals surface area contributed by atoms with E-state index in [-0.39, 0.29) is 12.0 Å². The SMILES string of the molecule is CC1CC(N)C(C(=O)O)C1. The summed E-state index contributed by atoms with van der Waals surface area (Å²) in [6.07, 6.45) is 1.60. The fraction of sp³-hybridized carbons (Fsp3) is 0.857. The van der Waals surface area contributed by atoms with Crippen molar-refractivity contribution in [3.8, 4) is 0 Å². The molecule has 0 aromatic carbocycles. The number of nitrogens with two attached hydrogens (primary N) is 1. The predicted molar refractivity (Wildman–Crippen MR) is 37.5 cm³/mol. The number of aliphatic carboxylic acids is 1. The van der Waals surface area contributed by atoms with E-state index in [1.54, 1.807) is 0 Å². The first kappa shape index (κ1) is 7.54. The largest absolute Gasteiger partial charge is 0.481 e. The molecule has 3 nitrogen and oxygen atoms in total. The molecule has 1 aliphatic rings. The summed E-state index contributed by atoms with van der Waals surface area (Å²) in [5, 5.41) is 8.62. The summed E-state index contributed by atoms with van der Waals surface area (Å²) in [7, 11) is 0. The minimum Gasteiger partial charge on any atom is -0.481 e. The van der Waals surface area contributed by atoms with Crippen LogP contribution in [0, 0.1) is 11.8 Å². The van der Waals surface area contributed by atoms with Crippen LogP contribution in [0.1, 0.15) is 19.8 Å². The van der Waals surface area contributed by atoms with Gasteiger partial charge < -0.3 is 10.8 Å². The minimum atomic E-state index is -0.739. The zero-order chi connectivity index (χ0) is 7.72. The van der Waals surface area contributed by atoms with Crippen molar-refractivity contribution in [3.63, 3.8) is 0 Å². The normalized spacial score (nSPS) is 40.0. The van der Waals surface area contributed by atoms with Gasteiger partial charge in [-0.15, -0.1) is 0 Å². The van der Waals surface area contributed by atoms with Crippen molar-refractivity contribution in [2.24, 2.45) is 17.6 Å². The zero-order valence-corrected chi connectivity index (χ0v) is 6.08. The molecular formula is C7H13NO2. The smallest absolute Gasteiger partial charge is 0.308 e. The van der Waals surface area contributed by atoms with Crippen LogP contribution >= 0.6 is 0 Å². The molecule has 1 aliphatic carbocycles. The number of carboxylic acid groups (broad SMARTS) is 1. The van der Waals surface area contributed by atoms with E-state index in [0.717, 1.165) is 12.8 Å². The quantitative estimate of drug-likeness (QED) is 0.560. The van der Waals surface area contributed by atoms with Crippen molar-refractivity contribution in [1.29, 1.82) is 0 Å². The van der Waals surface area contributed by atoms with Gasteiger partial charge in [0.15, 0.2) is 0 Å². The molecule has 0 heterocycles. The second-order valence-corrected chi connectivity index (χ2v) is 3.19. The van der Waals surface area contributed by atoms with Gasteiger partial charge >= 0.3 is 5.97 Å². The van der Waals surface area contributed by atoms with E-state index >= 15 is 0 Å². The fourth-order valence-corrected chi connectivity index (χ4v) is 1.62. The number of carbonyl (C=O) groups is 1. The zero-order valence-electron chi connectivity index (χ0n) is 6.08. The molecule has 0 aliphatic heterocycles. The van der Waals surface area contributed by atoms with Crippen LogP contribution in [0.25, 0.3) is 0 Å². The van der Waals surface area contributed by atoms with Crippen molar-refractivity contribution >= 4 is 5.97 Å². The summed E-state index contributed by atoms with van der Waals surface area (Å²) in [5.74, 6) is -0.553. The first-order valence-electron chi connectivity index (χ1n) is 3.59. The van der Waals surface area contributed by atoms with Gasteiger partial charge in [0.05, 0.1) is 5.92 Å². The van der Waals surface area contributed by atoms with Gasteiger partial charge in [0, 0.05) is 6.04 Å². The van der Waals surface area contributed by atoms with Gasteiger partial charge in [0.2, 0.25) is 0 Å². The summed E-state index contributed by atoms with van der Waals surface area (Å²) >= 11 is 0. The molecule has 0 saturated heterocycles. The van der Waals surface area contributed by atoms with Gasteiger partial charge in [-0.2, -0.15) is 0 Å². The lowest BCUT2D eigenvalue weighted by atomic mass is 10.1. The van der Waals surface area contributed by atoms with Crippen molar-refractivity contribution in [1.82, 2.24) is 0 Å². The van der Waals surface area contributed by atoms with Crippen LogP contribution in [-0.4, -0.2) is 17.1 Å². The van der Waals surface area contributed by atoms with Crippen LogP contribution in [-0.2, 0) is 4.79 Å². The fourth-order valence-electron chi connectivity index (χ4n) is 1.62. The first-order chi connectivity index (χ1) is 4.61. The highest BCUT2D eigenvalue weighted by atomic mass is 16.4. The summed E-state index contributed by atoms with van der Waals surface area (Å²) in [6, 6.07) is -0.118. The van der Waals surface area contributed by atoms with Gasteiger partial charge in [-0.3, -0.25) is 4.79 Å². The minimum absolute atomic E-state index is 0.118. The topological polar surface area (TPSA) is 63.3 Å². The number of hydrogen-bond donors (Lipinski definition) is 2. The third kappa shape index (κ3) is 1.29. The molecule has 58 valence electrons. The Labute approximate surface area is 60.2 Å². The summed E-state index contributed by atoms with van der Waals surface area (Å²) in [6.45, 7) is 2.04. The Morgan fingerprint density at radius 1 is 1.60 bits per heavy atom. The lowest BCUT2D eigenvalue weighted by Gasteiger charge is -2.07. The van der Waals surface area contributed by atoms with Crippen molar-refractivity contribution in [3.05, 3.63) is 0 Å². The van der Waals surface area contributed by atoms with Crippen LogP contribution in [0.5, 0.6) is 0 Å². The molecule has 10 heavy (non-hydrogen) atoms. The monoisotopic (exact) mass is 143 g/mol. The third-order valence-corrected chi connectivity index (χ3v) is 2.16. The highest BCUT2D eigenvalue weighted by Crippen LogP contribution is 2.29. The molecule has 0 aromatic rings. The Kier molecular flexibility index (Phi) is 1.94. The average Bonchev–Trinajstić information content (AvgIpc) is 2.10. The first-order valence-corrected chi connectivity index (χ1v) is 3.59. The maximum Gasteiger partial charge on any atom is 0.308 e. The predicted octanol–water partition coefficient (Wildman–Crippen LogP) is 0.444. The maximum atomic E-state index is 10.5. The maximum absolute atomic E-state index is 10.5. The Morgan fingerprint density at radius 2 is 2.20 bits per heavy atom. The van der Waals surface area contributed by atoms with Crippen molar-refractivity contribution < 1.29 is 9.90 Å². The lowest BCUT2D eigenvalue weighted by Crippen LogP contribution is -2.30. The highest BCUT2D eigenvalue weighted by Gasteiger charge is 2.34. The Hall–Kier alpha value is -0.570. The molecule has 0 amide bonds. The second-order valence-electron chi connectivity index (χ2n) is 3.19. The molecule has 3 unspecified atom stereocenters. The van der Waals surface area contributed by atoms with Gasteiger partial charge in [0.25, 0.3) is 0 Å². The van der Waals surface area contributed by atoms with Crippen LogP contribution in [0.3, 0.4) is 0 Å². The van der Waals surface area contributed by atoms with Gasteiger partial charge in [-0.05, 0) is 18.8 Å². The molecule has 0 radical (unpaired) electrons. The number of rotatable bonds is 1. The van der Waals surface area contributed by atoms with Gasteiger partial charge in [-0.25, -0.2) is 0 Å². The second kappa shape index (κ2) is 2.58. The van der Waals surface area contributed by atoms with Crippen molar-refractivity contribution in [2.45, 2.75) is 25.8 Å². The molecule has 3 atom stereocenters. The van der Waals surface area contributed by atoms with E-state index in [2.05, 4.69) is 0 Å². The van der Waals surface area contributed by atoms with E-state index in [0.29, 0.717) is 5.92 Å². The van der Waals surface area contributed by atoms with E-state index in [9.17, 15) is 4.79 Å². The van der Waals surface area contributed by atoms with Crippen LogP contribution in [0.2, 0.25) is 0 Å². The Balaban J connectivity index is 2.54. The Morgan fingerprint density at radius 3 is 2.40 bits per heavy atom. The third-order valence-electron chi connectivity index (χ3n) is 2.16. The van der Waals surface area contributed by atoms with E-state index < -0.39 is 5.97 Å². The molecular weight excluding hydrogens is 130 g/mol. The number of carboxylic acids is 1.